The average Bonchev–Trinajstić information content (AvgIpc) is 2.99. The van der Waals surface area contributed by atoms with Gasteiger partial charge in [-0.2, -0.15) is 0 Å². The van der Waals surface area contributed by atoms with Crippen molar-refractivity contribution in [1.82, 2.24) is 5.16 Å². The fourth-order valence-corrected chi connectivity index (χ4v) is 2.44. The first-order chi connectivity index (χ1) is 8.72. The Hall–Kier alpha value is -1.88. The van der Waals surface area contributed by atoms with Gasteiger partial charge in [0.1, 0.15) is 0 Å². The summed E-state index contributed by atoms with van der Waals surface area (Å²) in [6, 6.07) is 1.79. The van der Waals surface area contributed by atoms with Crippen LogP contribution in [0, 0.1) is 0 Å². The SMILES string of the molecule is COc1cc(-c2cnoc2N)c(Cl)c2c1OCC2. The van der Waals surface area contributed by atoms with Crippen LogP contribution < -0.4 is 15.2 Å². The maximum atomic E-state index is 6.39. The lowest BCUT2D eigenvalue weighted by atomic mass is 10.0. The molecular weight excluding hydrogens is 256 g/mol. The smallest absolute Gasteiger partial charge is 0.230 e. The maximum absolute atomic E-state index is 6.39. The first kappa shape index (κ1) is 11.2. The largest absolute Gasteiger partial charge is 0.493 e. The molecule has 94 valence electrons. The summed E-state index contributed by atoms with van der Waals surface area (Å²) in [7, 11) is 1.59. The highest BCUT2D eigenvalue weighted by Gasteiger charge is 2.25. The number of aromatic nitrogens is 1. The number of hydrogen-bond acceptors (Lipinski definition) is 5. The Kier molecular flexibility index (Phi) is 2.56. The number of anilines is 1. The summed E-state index contributed by atoms with van der Waals surface area (Å²) in [6.45, 7) is 0.605. The topological polar surface area (TPSA) is 70.5 Å². The molecule has 1 aliphatic rings. The molecule has 0 fully saturated rings. The van der Waals surface area contributed by atoms with E-state index in [0.29, 0.717) is 28.7 Å². The Bertz CT molecular complexity index is 610. The molecule has 0 saturated carbocycles. The molecule has 0 aliphatic carbocycles. The lowest BCUT2D eigenvalue weighted by molar-refractivity contribution is 0.326. The minimum absolute atomic E-state index is 0.234. The fourth-order valence-electron chi connectivity index (χ4n) is 2.11. The molecule has 3 rings (SSSR count). The van der Waals surface area contributed by atoms with Gasteiger partial charge in [0.15, 0.2) is 11.5 Å². The van der Waals surface area contributed by atoms with E-state index < -0.39 is 0 Å². The van der Waals surface area contributed by atoms with Crippen LogP contribution in [-0.4, -0.2) is 18.9 Å². The highest BCUT2D eigenvalue weighted by Crippen LogP contribution is 2.46. The molecule has 1 aromatic carbocycles. The van der Waals surface area contributed by atoms with Crippen molar-refractivity contribution in [2.75, 3.05) is 19.5 Å². The van der Waals surface area contributed by atoms with Crippen molar-refractivity contribution >= 4 is 17.5 Å². The summed E-state index contributed by atoms with van der Waals surface area (Å²) in [5.74, 6) is 1.58. The van der Waals surface area contributed by atoms with E-state index in [1.165, 1.54) is 6.20 Å². The molecule has 0 radical (unpaired) electrons. The van der Waals surface area contributed by atoms with E-state index in [9.17, 15) is 0 Å². The second-order valence-electron chi connectivity index (χ2n) is 3.95. The van der Waals surface area contributed by atoms with Crippen molar-refractivity contribution in [3.63, 3.8) is 0 Å². The molecule has 1 aromatic heterocycles. The van der Waals surface area contributed by atoms with Crippen LogP contribution in [0.25, 0.3) is 11.1 Å². The molecular formula is C12H11ClN2O3. The second kappa shape index (κ2) is 4.10. The van der Waals surface area contributed by atoms with Gasteiger partial charge in [-0.1, -0.05) is 16.8 Å². The van der Waals surface area contributed by atoms with Gasteiger partial charge in [0.25, 0.3) is 0 Å². The summed E-state index contributed by atoms with van der Waals surface area (Å²) in [5, 5.41) is 4.27. The number of benzene rings is 1. The Morgan fingerprint density at radius 2 is 2.28 bits per heavy atom. The predicted molar refractivity (Wildman–Crippen MR) is 67.1 cm³/mol. The third-order valence-electron chi connectivity index (χ3n) is 2.98. The number of nitrogens with two attached hydrogens (primary N) is 1. The third-order valence-corrected chi connectivity index (χ3v) is 3.41. The normalized spacial score (nSPS) is 13.2. The number of ether oxygens (including phenoxy) is 2. The molecule has 1 aliphatic heterocycles. The van der Waals surface area contributed by atoms with Gasteiger partial charge >= 0.3 is 0 Å². The summed E-state index contributed by atoms with van der Waals surface area (Å²) >= 11 is 6.39. The molecule has 0 unspecified atom stereocenters. The van der Waals surface area contributed by atoms with Gasteiger partial charge in [-0.25, -0.2) is 0 Å². The van der Waals surface area contributed by atoms with E-state index in [1.54, 1.807) is 13.2 Å². The van der Waals surface area contributed by atoms with Crippen LogP contribution in [0.2, 0.25) is 5.02 Å². The molecule has 0 amide bonds. The van der Waals surface area contributed by atoms with Gasteiger partial charge in [0, 0.05) is 17.5 Å². The number of hydrogen-bond donors (Lipinski definition) is 1. The van der Waals surface area contributed by atoms with E-state index in [4.69, 9.17) is 31.3 Å². The maximum Gasteiger partial charge on any atom is 0.230 e. The lowest BCUT2D eigenvalue weighted by Gasteiger charge is -2.11. The zero-order chi connectivity index (χ0) is 12.7. The highest BCUT2D eigenvalue weighted by molar-refractivity contribution is 6.34. The van der Waals surface area contributed by atoms with E-state index in [1.807, 2.05) is 0 Å². The Labute approximate surface area is 108 Å². The highest BCUT2D eigenvalue weighted by atomic mass is 35.5. The zero-order valence-electron chi connectivity index (χ0n) is 9.70. The van der Waals surface area contributed by atoms with Crippen LogP contribution in [0.1, 0.15) is 5.56 Å². The summed E-state index contributed by atoms with van der Waals surface area (Å²) in [6.07, 6.45) is 2.29. The van der Waals surface area contributed by atoms with Crippen LogP contribution in [0.15, 0.2) is 16.8 Å². The van der Waals surface area contributed by atoms with Crippen molar-refractivity contribution in [1.29, 1.82) is 0 Å². The van der Waals surface area contributed by atoms with Crippen LogP contribution >= 0.6 is 11.6 Å². The van der Waals surface area contributed by atoms with E-state index in [0.717, 1.165) is 17.5 Å². The molecule has 0 saturated heterocycles. The molecule has 2 aromatic rings. The first-order valence-electron chi connectivity index (χ1n) is 5.45. The third kappa shape index (κ3) is 1.51. The van der Waals surface area contributed by atoms with Crippen molar-refractivity contribution in [3.05, 3.63) is 22.8 Å². The Morgan fingerprint density at radius 3 is 2.94 bits per heavy atom. The quantitative estimate of drug-likeness (QED) is 0.904. The number of fused-ring (bicyclic) bond motifs is 1. The van der Waals surface area contributed by atoms with Gasteiger partial charge in [-0.3, -0.25) is 0 Å². The summed E-state index contributed by atoms with van der Waals surface area (Å²) < 4.78 is 15.7. The summed E-state index contributed by atoms with van der Waals surface area (Å²) in [4.78, 5) is 0. The molecule has 0 atom stereocenters. The number of nitrogens with zero attached hydrogens (tertiary/aromatic N) is 1. The van der Waals surface area contributed by atoms with E-state index >= 15 is 0 Å². The van der Waals surface area contributed by atoms with Gasteiger partial charge in [-0.05, 0) is 6.07 Å². The van der Waals surface area contributed by atoms with Gasteiger partial charge < -0.3 is 19.7 Å². The predicted octanol–water partition coefficient (Wildman–Crippen LogP) is 2.52. The number of halogens is 1. The number of nitrogen functional groups attached to an aromatic ring is 1. The van der Waals surface area contributed by atoms with Crippen LogP contribution in [-0.2, 0) is 6.42 Å². The molecule has 6 heteroatoms. The lowest BCUT2D eigenvalue weighted by Crippen LogP contribution is -1.93. The molecule has 18 heavy (non-hydrogen) atoms. The molecule has 0 bridgehead atoms. The molecule has 2 heterocycles. The van der Waals surface area contributed by atoms with Crippen molar-refractivity contribution in [2.24, 2.45) is 0 Å². The number of rotatable bonds is 2. The van der Waals surface area contributed by atoms with Crippen molar-refractivity contribution in [3.8, 4) is 22.6 Å². The van der Waals surface area contributed by atoms with Gasteiger partial charge in [-0.15, -0.1) is 0 Å². The van der Waals surface area contributed by atoms with Crippen molar-refractivity contribution in [2.45, 2.75) is 6.42 Å². The van der Waals surface area contributed by atoms with Crippen molar-refractivity contribution < 1.29 is 14.0 Å². The summed E-state index contributed by atoms with van der Waals surface area (Å²) in [5.41, 5.74) is 8.06. The van der Waals surface area contributed by atoms with E-state index in [2.05, 4.69) is 5.16 Å². The Balaban J connectivity index is 2.25. The van der Waals surface area contributed by atoms with Crippen LogP contribution in [0.5, 0.6) is 11.5 Å². The molecule has 2 N–H and O–H groups in total. The monoisotopic (exact) mass is 266 g/mol. The first-order valence-corrected chi connectivity index (χ1v) is 5.83. The minimum Gasteiger partial charge on any atom is -0.493 e. The van der Waals surface area contributed by atoms with Crippen LogP contribution in [0.3, 0.4) is 0 Å². The standard InChI is InChI=1S/C12H11ClN2O3/c1-16-9-4-7(8-5-15-18-12(8)14)10(13)6-2-3-17-11(6)9/h4-5H,2-3,14H2,1H3. The average molecular weight is 267 g/mol. The van der Waals surface area contributed by atoms with Gasteiger partial charge in [0.05, 0.1) is 30.5 Å². The van der Waals surface area contributed by atoms with Gasteiger partial charge in [0.2, 0.25) is 5.88 Å². The molecule has 0 spiro atoms. The van der Waals surface area contributed by atoms with E-state index in [-0.39, 0.29) is 5.88 Å². The van der Waals surface area contributed by atoms with Crippen LogP contribution in [0.4, 0.5) is 5.88 Å². The number of methoxy groups -OCH3 is 1. The fraction of sp³-hybridized carbons (Fsp3) is 0.250. The zero-order valence-corrected chi connectivity index (χ0v) is 10.5. The second-order valence-corrected chi connectivity index (χ2v) is 4.33. The Morgan fingerprint density at radius 1 is 1.44 bits per heavy atom. The minimum atomic E-state index is 0.234. The molecule has 5 nitrogen and oxygen atoms in total.